The summed E-state index contributed by atoms with van der Waals surface area (Å²) in [4.78, 5) is 10.7. The molecule has 1 aromatic rings. The first-order valence-corrected chi connectivity index (χ1v) is 5.43. The lowest BCUT2D eigenvalue weighted by Gasteiger charge is -2.17. The standard InChI is InChI=1S/C11H20N4/c1-4-9(2)10-5-7-13-11(14-10)15(3)8-6-12/h5,7,9H,4,6,8,12H2,1-3H3. The predicted molar refractivity (Wildman–Crippen MR) is 63.1 cm³/mol. The number of anilines is 1. The maximum Gasteiger partial charge on any atom is 0.225 e. The molecular formula is C11H20N4. The van der Waals surface area contributed by atoms with E-state index < -0.39 is 0 Å². The average Bonchev–Trinajstić information content (AvgIpc) is 2.28. The first kappa shape index (κ1) is 11.9. The van der Waals surface area contributed by atoms with Gasteiger partial charge >= 0.3 is 0 Å². The molecule has 1 unspecified atom stereocenters. The van der Waals surface area contributed by atoms with E-state index in [1.807, 2.05) is 24.2 Å². The van der Waals surface area contributed by atoms with Crippen LogP contribution in [0.15, 0.2) is 12.3 Å². The van der Waals surface area contributed by atoms with Gasteiger partial charge in [-0.15, -0.1) is 0 Å². The lowest BCUT2D eigenvalue weighted by Crippen LogP contribution is -2.26. The van der Waals surface area contributed by atoms with Gasteiger partial charge in [0.1, 0.15) is 0 Å². The van der Waals surface area contributed by atoms with Gasteiger partial charge in [0.05, 0.1) is 0 Å². The second-order valence-corrected chi connectivity index (χ2v) is 3.80. The van der Waals surface area contributed by atoms with Crippen molar-refractivity contribution in [2.45, 2.75) is 26.2 Å². The number of aromatic nitrogens is 2. The minimum atomic E-state index is 0.484. The molecule has 4 heteroatoms. The van der Waals surface area contributed by atoms with E-state index in [0.717, 1.165) is 24.6 Å². The van der Waals surface area contributed by atoms with Gasteiger partial charge in [-0.25, -0.2) is 9.97 Å². The van der Waals surface area contributed by atoms with E-state index in [9.17, 15) is 0 Å². The summed E-state index contributed by atoms with van der Waals surface area (Å²) in [6, 6.07) is 1.98. The first-order valence-electron chi connectivity index (χ1n) is 5.43. The third kappa shape index (κ3) is 3.16. The SMILES string of the molecule is CCC(C)c1ccnc(N(C)CCN)n1. The number of nitrogens with zero attached hydrogens (tertiary/aromatic N) is 3. The highest BCUT2D eigenvalue weighted by atomic mass is 15.2. The molecule has 4 nitrogen and oxygen atoms in total. The van der Waals surface area contributed by atoms with Crippen LogP contribution in [0, 0.1) is 0 Å². The molecule has 0 aliphatic carbocycles. The third-order valence-electron chi connectivity index (χ3n) is 2.59. The van der Waals surface area contributed by atoms with Crippen LogP contribution < -0.4 is 10.6 Å². The van der Waals surface area contributed by atoms with Crippen LogP contribution >= 0.6 is 0 Å². The maximum absolute atomic E-state index is 5.49. The highest BCUT2D eigenvalue weighted by Gasteiger charge is 2.08. The minimum Gasteiger partial charge on any atom is -0.343 e. The molecule has 2 N–H and O–H groups in total. The summed E-state index contributed by atoms with van der Waals surface area (Å²) in [7, 11) is 1.96. The van der Waals surface area contributed by atoms with Gasteiger partial charge in [0.2, 0.25) is 5.95 Å². The van der Waals surface area contributed by atoms with E-state index in [0.29, 0.717) is 12.5 Å². The molecule has 15 heavy (non-hydrogen) atoms. The lowest BCUT2D eigenvalue weighted by molar-refractivity contribution is 0.699. The molecule has 0 amide bonds. The van der Waals surface area contributed by atoms with Crippen LogP contribution in [0.2, 0.25) is 0 Å². The molecule has 0 radical (unpaired) electrons. The molecule has 0 fully saturated rings. The maximum atomic E-state index is 5.49. The molecular weight excluding hydrogens is 188 g/mol. The zero-order valence-electron chi connectivity index (χ0n) is 9.77. The van der Waals surface area contributed by atoms with Crippen LogP contribution in [0.1, 0.15) is 31.9 Å². The summed E-state index contributed by atoms with van der Waals surface area (Å²) in [6.07, 6.45) is 2.91. The van der Waals surface area contributed by atoms with Crippen LogP contribution in [-0.2, 0) is 0 Å². The molecule has 1 heterocycles. The Labute approximate surface area is 91.5 Å². The van der Waals surface area contributed by atoms with Gasteiger partial charge in [0, 0.05) is 32.0 Å². The van der Waals surface area contributed by atoms with Crippen molar-refractivity contribution in [3.63, 3.8) is 0 Å². The Morgan fingerprint density at radius 1 is 1.53 bits per heavy atom. The number of hydrogen-bond acceptors (Lipinski definition) is 4. The molecule has 0 aliphatic rings. The van der Waals surface area contributed by atoms with Gasteiger partial charge in [-0.1, -0.05) is 13.8 Å². The lowest BCUT2D eigenvalue weighted by atomic mass is 10.1. The summed E-state index contributed by atoms with van der Waals surface area (Å²) >= 11 is 0. The van der Waals surface area contributed by atoms with Crippen molar-refractivity contribution in [2.75, 3.05) is 25.0 Å². The Balaban J connectivity index is 2.82. The molecule has 0 saturated carbocycles. The fraction of sp³-hybridized carbons (Fsp3) is 0.636. The Kier molecular flexibility index (Phi) is 4.49. The van der Waals surface area contributed by atoms with Crippen molar-refractivity contribution >= 4 is 5.95 Å². The molecule has 1 aromatic heterocycles. The van der Waals surface area contributed by atoms with Crippen LogP contribution in [0.4, 0.5) is 5.95 Å². The predicted octanol–water partition coefficient (Wildman–Crippen LogP) is 1.38. The summed E-state index contributed by atoms with van der Waals surface area (Å²) < 4.78 is 0. The Bertz CT molecular complexity index is 300. The van der Waals surface area contributed by atoms with Gasteiger partial charge in [-0.2, -0.15) is 0 Å². The topological polar surface area (TPSA) is 55.0 Å². The van der Waals surface area contributed by atoms with Crippen molar-refractivity contribution in [3.8, 4) is 0 Å². The van der Waals surface area contributed by atoms with E-state index in [-0.39, 0.29) is 0 Å². The number of rotatable bonds is 5. The molecule has 0 spiro atoms. The second kappa shape index (κ2) is 5.66. The van der Waals surface area contributed by atoms with Crippen molar-refractivity contribution in [2.24, 2.45) is 5.73 Å². The smallest absolute Gasteiger partial charge is 0.225 e. The van der Waals surface area contributed by atoms with Crippen molar-refractivity contribution < 1.29 is 0 Å². The quantitative estimate of drug-likeness (QED) is 0.794. The molecule has 1 atom stereocenters. The molecule has 0 bridgehead atoms. The second-order valence-electron chi connectivity index (χ2n) is 3.80. The first-order chi connectivity index (χ1) is 7.19. The molecule has 1 rings (SSSR count). The van der Waals surface area contributed by atoms with Gasteiger partial charge in [-0.3, -0.25) is 0 Å². The average molecular weight is 208 g/mol. The fourth-order valence-electron chi connectivity index (χ4n) is 1.32. The largest absolute Gasteiger partial charge is 0.343 e. The Hall–Kier alpha value is -1.16. The van der Waals surface area contributed by atoms with Crippen LogP contribution in [0.3, 0.4) is 0 Å². The number of nitrogens with two attached hydrogens (primary N) is 1. The Morgan fingerprint density at radius 3 is 2.87 bits per heavy atom. The number of hydrogen-bond donors (Lipinski definition) is 1. The Morgan fingerprint density at radius 2 is 2.27 bits per heavy atom. The minimum absolute atomic E-state index is 0.484. The fourth-order valence-corrected chi connectivity index (χ4v) is 1.32. The van der Waals surface area contributed by atoms with E-state index >= 15 is 0 Å². The zero-order valence-corrected chi connectivity index (χ0v) is 9.77. The van der Waals surface area contributed by atoms with E-state index in [1.165, 1.54) is 0 Å². The van der Waals surface area contributed by atoms with Gasteiger partial charge in [0.15, 0.2) is 0 Å². The normalized spacial score (nSPS) is 12.5. The van der Waals surface area contributed by atoms with Gasteiger partial charge < -0.3 is 10.6 Å². The molecule has 0 aliphatic heterocycles. The summed E-state index contributed by atoms with van der Waals surface area (Å²) in [6.45, 7) is 5.74. The van der Waals surface area contributed by atoms with E-state index in [1.54, 1.807) is 0 Å². The third-order valence-corrected chi connectivity index (χ3v) is 2.59. The van der Waals surface area contributed by atoms with Gasteiger partial charge in [-0.05, 0) is 18.4 Å². The zero-order chi connectivity index (χ0) is 11.3. The highest BCUT2D eigenvalue weighted by molar-refractivity contribution is 5.29. The van der Waals surface area contributed by atoms with Crippen LogP contribution in [0.25, 0.3) is 0 Å². The summed E-state index contributed by atoms with van der Waals surface area (Å²) in [5.74, 6) is 1.25. The number of likely N-dealkylation sites (N-methyl/N-ethyl adjacent to an activating group) is 1. The van der Waals surface area contributed by atoms with Crippen LogP contribution in [0.5, 0.6) is 0 Å². The van der Waals surface area contributed by atoms with E-state index in [4.69, 9.17) is 5.73 Å². The van der Waals surface area contributed by atoms with Crippen molar-refractivity contribution in [1.29, 1.82) is 0 Å². The monoisotopic (exact) mass is 208 g/mol. The van der Waals surface area contributed by atoms with E-state index in [2.05, 4.69) is 23.8 Å². The van der Waals surface area contributed by atoms with Crippen molar-refractivity contribution in [3.05, 3.63) is 18.0 Å². The molecule has 0 aromatic carbocycles. The summed E-state index contributed by atoms with van der Waals surface area (Å²) in [5.41, 5.74) is 6.60. The molecule has 84 valence electrons. The van der Waals surface area contributed by atoms with Gasteiger partial charge in [0.25, 0.3) is 0 Å². The summed E-state index contributed by atoms with van der Waals surface area (Å²) in [5, 5.41) is 0. The highest BCUT2D eigenvalue weighted by Crippen LogP contribution is 2.17. The van der Waals surface area contributed by atoms with Crippen molar-refractivity contribution in [1.82, 2.24) is 9.97 Å². The van der Waals surface area contributed by atoms with Crippen LogP contribution in [-0.4, -0.2) is 30.1 Å². The molecule has 0 saturated heterocycles.